The van der Waals surface area contributed by atoms with Crippen molar-refractivity contribution in [2.45, 2.75) is 12.3 Å². The van der Waals surface area contributed by atoms with E-state index in [1.807, 2.05) is 31.2 Å². The van der Waals surface area contributed by atoms with Gasteiger partial charge < -0.3 is 4.74 Å². The van der Waals surface area contributed by atoms with Crippen molar-refractivity contribution in [2.75, 3.05) is 6.61 Å². The second-order valence-corrected chi connectivity index (χ2v) is 5.31. The minimum atomic E-state index is -0.332. The van der Waals surface area contributed by atoms with Gasteiger partial charge in [-0.05, 0) is 48.4 Å². The molecule has 0 N–H and O–H groups in total. The van der Waals surface area contributed by atoms with Gasteiger partial charge in [-0.2, -0.15) is 0 Å². The monoisotopic (exact) mass is 314 g/mol. The molecule has 0 spiro atoms. The maximum Gasteiger partial charge on any atom is 0.119 e. The molecule has 1 unspecified atom stereocenters. The number of alkyl halides is 1. The average molecular weight is 316 g/mol. The van der Waals surface area contributed by atoms with Crippen LogP contribution in [0.15, 0.2) is 42.5 Å². The molecule has 0 aliphatic heterocycles. The first kappa shape index (κ1) is 14.5. The van der Waals surface area contributed by atoms with E-state index in [1.54, 1.807) is 18.2 Å². The number of hydrogen-bond acceptors (Lipinski definition) is 1. The predicted octanol–water partition coefficient (Wildman–Crippen LogP) is 5.72. The summed E-state index contributed by atoms with van der Waals surface area (Å²) in [5.74, 6) is 0.826. The highest BCUT2D eigenvalue weighted by atomic mass is 35.5. The number of hydrogen-bond donors (Lipinski definition) is 0. The molecule has 4 heteroatoms. The first-order valence-corrected chi connectivity index (χ1v) is 7.13. The summed E-state index contributed by atoms with van der Waals surface area (Å²) in [6.45, 7) is 2.59. The van der Waals surface area contributed by atoms with Crippen LogP contribution in [-0.4, -0.2) is 6.61 Å². The van der Waals surface area contributed by atoms with Crippen molar-refractivity contribution in [2.24, 2.45) is 0 Å². The molecule has 0 heterocycles. The molecule has 0 fully saturated rings. The van der Waals surface area contributed by atoms with Crippen molar-refractivity contribution in [1.82, 2.24) is 0 Å². The number of benzene rings is 2. The summed E-state index contributed by atoms with van der Waals surface area (Å²) in [5.41, 5.74) is 1.76. The Morgan fingerprint density at radius 1 is 1.05 bits per heavy atom. The van der Waals surface area contributed by atoms with Crippen LogP contribution < -0.4 is 4.74 Å². The predicted molar refractivity (Wildman–Crippen MR) is 81.8 cm³/mol. The fourth-order valence-corrected chi connectivity index (χ4v) is 2.58. The molecule has 1 nitrogen and oxygen atoms in total. The minimum Gasteiger partial charge on any atom is -0.494 e. The lowest BCUT2D eigenvalue weighted by atomic mass is 10.0. The van der Waals surface area contributed by atoms with Gasteiger partial charge in [0, 0.05) is 10.0 Å². The molecular formula is C15H13Cl3O. The molecule has 2 rings (SSSR count). The van der Waals surface area contributed by atoms with Gasteiger partial charge in [-0.25, -0.2) is 0 Å². The van der Waals surface area contributed by atoms with Crippen molar-refractivity contribution in [1.29, 1.82) is 0 Å². The highest BCUT2D eigenvalue weighted by Crippen LogP contribution is 2.35. The lowest BCUT2D eigenvalue weighted by molar-refractivity contribution is 0.340. The van der Waals surface area contributed by atoms with Crippen molar-refractivity contribution in [3.8, 4) is 5.75 Å². The van der Waals surface area contributed by atoms with Crippen molar-refractivity contribution in [3.05, 3.63) is 63.6 Å². The zero-order chi connectivity index (χ0) is 13.8. The quantitative estimate of drug-likeness (QED) is 0.656. The topological polar surface area (TPSA) is 9.23 Å². The summed E-state index contributed by atoms with van der Waals surface area (Å²) in [7, 11) is 0. The fourth-order valence-electron chi connectivity index (χ4n) is 1.79. The molecule has 1 atom stereocenters. The Hall–Kier alpha value is -0.890. The van der Waals surface area contributed by atoms with Crippen molar-refractivity contribution in [3.63, 3.8) is 0 Å². The average Bonchev–Trinajstić information content (AvgIpc) is 2.42. The van der Waals surface area contributed by atoms with E-state index in [-0.39, 0.29) is 5.38 Å². The van der Waals surface area contributed by atoms with E-state index in [0.717, 1.165) is 16.9 Å². The number of ether oxygens (including phenoxy) is 1. The molecule has 19 heavy (non-hydrogen) atoms. The second kappa shape index (κ2) is 6.51. The molecule has 2 aromatic carbocycles. The maximum atomic E-state index is 6.45. The third-order valence-electron chi connectivity index (χ3n) is 2.71. The lowest BCUT2D eigenvalue weighted by Gasteiger charge is -2.13. The molecule has 0 radical (unpaired) electrons. The summed E-state index contributed by atoms with van der Waals surface area (Å²) >= 11 is 18.6. The highest BCUT2D eigenvalue weighted by molar-refractivity contribution is 6.35. The van der Waals surface area contributed by atoms with Gasteiger partial charge in [0.2, 0.25) is 0 Å². The Morgan fingerprint density at radius 3 is 2.37 bits per heavy atom. The molecular weight excluding hydrogens is 303 g/mol. The number of halogens is 3. The Morgan fingerprint density at radius 2 is 1.74 bits per heavy atom. The molecule has 0 saturated heterocycles. The third-order valence-corrected chi connectivity index (χ3v) is 3.78. The maximum absolute atomic E-state index is 6.45. The molecule has 0 amide bonds. The van der Waals surface area contributed by atoms with E-state index < -0.39 is 0 Å². The van der Waals surface area contributed by atoms with Crippen LogP contribution in [0.2, 0.25) is 10.0 Å². The standard InChI is InChI=1S/C15H13Cl3O/c1-2-19-12-6-3-10(4-7-12)15(18)13-9-11(16)5-8-14(13)17/h3-9,15H,2H2,1H3. The van der Waals surface area contributed by atoms with Crippen LogP contribution in [0.3, 0.4) is 0 Å². The Kier molecular flexibility index (Phi) is 4.98. The van der Waals surface area contributed by atoms with Crippen LogP contribution in [0.4, 0.5) is 0 Å². The van der Waals surface area contributed by atoms with Gasteiger partial charge in [0.05, 0.1) is 12.0 Å². The van der Waals surface area contributed by atoms with Crippen LogP contribution in [0.25, 0.3) is 0 Å². The second-order valence-electron chi connectivity index (χ2n) is 4.03. The van der Waals surface area contributed by atoms with E-state index in [0.29, 0.717) is 16.7 Å². The van der Waals surface area contributed by atoms with Gasteiger partial charge in [-0.1, -0.05) is 35.3 Å². The molecule has 0 aliphatic carbocycles. The van der Waals surface area contributed by atoms with E-state index in [4.69, 9.17) is 39.5 Å². The van der Waals surface area contributed by atoms with E-state index >= 15 is 0 Å². The van der Waals surface area contributed by atoms with Crippen molar-refractivity contribution >= 4 is 34.8 Å². The molecule has 2 aromatic rings. The largest absolute Gasteiger partial charge is 0.494 e. The van der Waals surface area contributed by atoms with Crippen LogP contribution in [-0.2, 0) is 0 Å². The molecule has 0 aliphatic rings. The zero-order valence-electron chi connectivity index (χ0n) is 10.4. The van der Waals surface area contributed by atoms with Crippen LogP contribution in [0, 0.1) is 0 Å². The van der Waals surface area contributed by atoms with Gasteiger partial charge in [0.1, 0.15) is 5.75 Å². The zero-order valence-corrected chi connectivity index (χ0v) is 12.6. The van der Waals surface area contributed by atoms with Crippen LogP contribution >= 0.6 is 34.8 Å². The normalized spacial score (nSPS) is 12.2. The minimum absolute atomic E-state index is 0.332. The van der Waals surface area contributed by atoms with Gasteiger partial charge >= 0.3 is 0 Å². The molecule has 100 valence electrons. The van der Waals surface area contributed by atoms with Gasteiger partial charge in [-0.3, -0.25) is 0 Å². The van der Waals surface area contributed by atoms with Crippen LogP contribution in [0.5, 0.6) is 5.75 Å². The Labute approximate surface area is 128 Å². The first-order chi connectivity index (χ1) is 9.11. The summed E-state index contributed by atoms with van der Waals surface area (Å²) in [4.78, 5) is 0. The summed E-state index contributed by atoms with van der Waals surface area (Å²) in [6, 6.07) is 12.9. The van der Waals surface area contributed by atoms with Gasteiger partial charge in [0.25, 0.3) is 0 Å². The van der Waals surface area contributed by atoms with E-state index in [9.17, 15) is 0 Å². The highest BCUT2D eigenvalue weighted by Gasteiger charge is 2.14. The SMILES string of the molecule is CCOc1ccc(C(Cl)c2cc(Cl)ccc2Cl)cc1. The molecule has 0 saturated carbocycles. The third kappa shape index (κ3) is 3.56. The Balaban J connectivity index is 2.27. The number of rotatable bonds is 4. The van der Waals surface area contributed by atoms with Gasteiger partial charge in [-0.15, -0.1) is 11.6 Å². The fraction of sp³-hybridized carbons (Fsp3) is 0.200. The summed E-state index contributed by atoms with van der Waals surface area (Å²) in [5, 5.41) is 0.899. The smallest absolute Gasteiger partial charge is 0.119 e. The first-order valence-electron chi connectivity index (χ1n) is 5.93. The van der Waals surface area contributed by atoms with E-state index in [1.165, 1.54) is 0 Å². The van der Waals surface area contributed by atoms with Crippen LogP contribution in [0.1, 0.15) is 23.4 Å². The lowest BCUT2D eigenvalue weighted by Crippen LogP contribution is -1.96. The van der Waals surface area contributed by atoms with E-state index in [2.05, 4.69) is 0 Å². The molecule has 0 aromatic heterocycles. The Bertz CT molecular complexity index is 552. The van der Waals surface area contributed by atoms with Crippen molar-refractivity contribution < 1.29 is 4.74 Å². The van der Waals surface area contributed by atoms with Gasteiger partial charge in [0.15, 0.2) is 0 Å². The molecule has 0 bridgehead atoms. The summed E-state index contributed by atoms with van der Waals surface area (Å²) < 4.78 is 5.40. The summed E-state index contributed by atoms with van der Waals surface area (Å²) in [6.07, 6.45) is 0.